The number of rotatable bonds is 10. The number of esters is 2. The Morgan fingerprint density at radius 1 is 0.947 bits per heavy atom. The number of phenolic OH excluding ortho intramolecular Hbond substituents is 1. The lowest BCUT2D eigenvalue weighted by molar-refractivity contribution is -0.156. The van der Waals surface area contributed by atoms with Crippen molar-refractivity contribution in [2.45, 2.75) is 90.1 Å². The Labute approximate surface area is 225 Å². The minimum atomic E-state index is -0.697. The van der Waals surface area contributed by atoms with Crippen LogP contribution in [0.15, 0.2) is 36.4 Å². The summed E-state index contributed by atoms with van der Waals surface area (Å²) >= 11 is 0. The second-order valence-electron chi connectivity index (χ2n) is 10.4. The van der Waals surface area contributed by atoms with Gasteiger partial charge in [-0.3, -0.25) is 4.79 Å². The third-order valence-corrected chi connectivity index (χ3v) is 7.62. The minimum Gasteiger partial charge on any atom is -0.508 e. The maximum atomic E-state index is 13.8. The molecule has 204 valence electrons. The molecule has 7 nitrogen and oxygen atoms in total. The summed E-state index contributed by atoms with van der Waals surface area (Å²) < 4.78 is 10.9. The minimum absolute atomic E-state index is 0.0323. The van der Waals surface area contributed by atoms with Crippen molar-refractivity contribution in [1.82, 2.24) is 4.90 Å². The largest absolute Gasteiger partial charge is 0.508 e. The van der Waals surface area contributed by atoms with Gasteiger partial charge in [0.1, 0.15) is 11.8 Å². The summed E-state index contributed by atoms with van der Waals surface area (Å²) in [6.07, 6.45) is 6.79. The zero-order chi connectivity index (χ0) is 27.1. The number of carbonyl (C=O) groups excluding carboxylic acids is 3. The summed E-state index contributed by atoms with van der Waals surface area (Å²) in [6.45, 7) is 5.03. The summed E-state index contributed by atoms with van der Waals surface area (Å²) in [7, 11) is 0. The summed E-state index contributed by atoms with van der Waals surface area (Å²) in [5.41, 5.74) is 4.43. The quantitative estimate of drug-likeness (QED) is 0.330. The van der Waals surface area contributed by atoms with Crippen molar-refractivity contribution in [3.63, 3.8) is 0 Å². The Balaban J connectivity index is 1.56. The van der Waals surface area contributed by atoms with E-state index in [9.17, 15) is 19.5 Å². The molecule has 1 aliphatic heterocycles. The maximum absolute atomic E-state index is 13.8. The molecule has 0 spiro atoms. The molecule has 0 saturated heterocycles. The van der Waals surface area contributed by atoms with Crippen molar-refractivity contribution in [3.8, 4) is 5.75 Å². The molecule has 2 atom stereocenters. The number of phenols is 1. The number of aryl methyl sites for hydroxylation is 1. The first-order valence-electron chi connectivity index (χ1n) is 14.0. The van der Waals surface area contributed by atoms with Crippen molar-refractivity contribution < 1.29 is 29.0 Å². The molecule has 0 fully saturated rings. The summed E-state index contributed by atoms with van der Waals surface area (Å²) in [5, 5.41) is 9.90. The van der Waals surface area contributed by atoms with Crippen molar-refractivity contribution in [2.75, 3.05) is 13.2 Å². The standard InChI is InChI=1S/C31H39NO6/c1-3-5-14-37-30(35)24-11-10-21-18-28(31(36)38-15-6-4-2)32(20-25(21)16-24)29(34)19-23-9-7-8-22-17-26(33)12-13-27(22)23/h10-13,16-17,23,28,33H,3-9,14-15,18-20H2,1-2H3/t23?,28-/m1/s1. The fourth-order valence-electron chi connectivity index (χ4n) is 5.43. The molecule has 2 aromatic rings. The highest BCUT2D eigenvalue weighted by atomic mass is 16.5. The number of hydrogen-bond acceptors (Lipinski definition) is 6. The van der Waals surface area contributed by atoms with Crippen LogP contribution < -0.4 is 0 Å². The van der Waals surface area contributed by atoms with Crippen LogP contribution in [-0.4, -0.2) is 47.1 Å². The van der Waals surface area contributed by atoms with Gasteiger partial charge in [-0.15, -0.1) is 0 Å². The van der Waals surface area contributed by atoms with Crippen LogP contribution in [0.4, 0.5) is 0 Å². The summed E-state index contributed by atoms with van der Waals surface area (Å²) in [6, 6.07) is 10.1. The van der Waals surface area contributed by atoms with Gasteiger partial charge in [0.05, 0.1) is 18.8 Å². The molecular formula is C31H39NO6. The topological polar surface area (TPSA) is 93.1 Å². The average molecular weight is 522 g/mol. The average Bonchev–Trinajstić information content (AvgIpc) is 2.92. The predicted molar refractivity (Wildman–Crippen MR) is 144 cm³/mol. The highest BCUT2D eigenvalue weighted by Gasteiger charge is 2.37. The van der Waals surface area contributed by atoms with Crippen LogP contribution in [0.25, 0.3) is 0 Å². The first-order valence-corrected chi connectivity index (χ1v) is 14.0. The zero-order valence-corrected chi connectivity index (χ0v) is 22.5. The second kappa shape index (κ2) is 12.9. The molecule has 1 N–H and O–H groups in total. The number of carbonyl (C=O) groups is 3. The number of aromatic hydroxyl groups is 1. The Morgan fingerprint density at radius 2 is 1.71 bits per heavy atom. The SMILES string of the molecule is CCCCOC(=O)c1ccc2c(c1)CN(C(=O)CC1CCCc3cc(O)ccc31)[C@@H](C(=O)OCCCC)C2. The molecule has 38 heavy (non-hydrogen) atoms. The van der Waals surface area contributed by atoms with Gasteiger partial charge in [0, 0.05) is 19.4 Å². The molecular weight excluding hydrogens is 482 g/mol. The van der Waals surface area contributed by atoms with Gasteiger partial charge < -0.3 is 19.5 Å². The van der Waals surface area contributed by atoms with Crippen LogP contribution in [0.1, 0.15) is 97.3 Å². The Morgan fingerprint density at radius 3 is 2.47 bits per heavy atom. The van der Waals surface area contributed by atoms with E-state index in [0.29, 0.717) is 25.2 Å². The fourth-order valence-corrected chi connectivity index (χ4v) is 5.43. The van der Waals surface area contributed by atoms with Crippen LogP contribution in [0.3, 0.4) is 0 Å². The van der Waals surface area contributed by atoms with Crippen LogP contribution in [0.5, 0.6) is 5.75 Å². The highest BCUT2D eigenvalue weighted by molar-refractivity contribution is 5.90. The Kier molecular flexibility index (Phi) is 9.43. The Hall–Kier alpha value is -3.35. The van der Waals surface area contributed by atoms with Crippen LogP contribution in [-0.2, 0) is 38.4 Å². The smallest absolute Gasteiger partial charge is 0.338 e. The van der Waals surface area contributed by atoms with Crippen molar-refractivity contribution in [2.24, 2.45) is 0 Å². The van der Waals surface area contributed by atoms with Crippen LogP contribution in [0, 0.1) is 0 Å². The number of benzene rings is 2. The Bertz CT molecular complexity index is 1160. The molecule has 4 rings (SSSR count). The molecule has 1 amide bonds. The molecule has 0 saturated carbocycles. The van der Waals surface area contributed by atoms with E-state index in [-0.39, 0.29) is 42.5 Å². The first-order chi connectivity index (χ1) is 18.4. The third kappa shape index (κ3) is 6.55. The second-order valence-corrected chi connectivity index (χ2v) is 10.4. The number of amides is 1. The van der Waals surface area contributed by atoms with Gasteiger partial charge in [-0.05, 0) is 84.5 Å². The molecule has 1 aliphatic carbocycles. The number of ether oxygens (including phenoxy) is 2. The number of unbranched alkanes of at least 4 members (excludes halogenated alkanes) is 2. The lowest BCUT2D eigenvalue weighted by atomic mass is 9.80. The maximum Gasteiger partial charge on any atom is 0.338 e. The van der Waals surface area contributed by atoms with Gasteiger partial charge >= 0.3 is 11.9 Å². The van der Waals surface area contributed by atoms with E-state index in [1.807, 2.05) is 26.0 Å². The lowest BCUT2D eigenvalue weighted by Crippen LogP contribution is -2.49. The molecule has 2 aromatic carbocycles. The van der Waals surface area contributed by atoms with E-state index in [0.717, 1.165) is 67.2 Å². The first kappa shape index (κ1) is 27.7. The molecule has 1 heterocycles. The molecule has 7 heteroatoms. The van der Waals surface area contributed by atoms with Gasteiger partial charge in [-0.2, -0.15) is 0 Å². The van der Waals surface area contributed by atoms with Crippen molar-refractivity contribution in [1.29, 1.82) is 0 Å². The fraction of sp³-hybridized carbons (Fsp3) is 0.516. The van der Waals surface area contributed by atoms with Gasteiger partial charge in [-0.1, -0.05) is 38.8 Å². The van der Waals surface area contributed by atoms with E-state index in [4.69, 9.17) is 9.47 Å². The molecule has 2 aliphatic rings. The van der Waals surface area contributed by atoms with Crippen LogP contribution in [0.2, 0.25) is 0 Å². The van der Waals surface area contributed by atoms with Crippen molar-refractivity contribution in [3.05, 3.63) is 64.2 Å². The summed E-state index contributed by atoms with van der Waals surface area (Å²) in [5.74, 6) is -0.584. The molecule has 0 aromatic heterocycles. The monoisotopic (exact) mass is 521 g/mol. The number of nitrogens with zero attached hydrogens (tertiary/aromatic N) is 1. The molecule has 0 bridgehead atoms. The number of fused-ring (bicyclic) bond motifs is 2. The summed E-state index contributed by atoms with van der Waals surface area (Å²) in [4.78, 5) is 41.1. The normalized spacial score (nSPS) is 18.3. The molecule has 1 unspecified atom stereocenters. The lowest BCUT2D eigenvalue weighted by Gasteiger charge is -2.37. The van der Waals surface area contributed by atoms with E-state index in [1.165, 1.54) is 0 Å². The van der Waals surface area contributed by atoms with Gasteiger partial charge in [0.25, 0.3) is 0 Å². The predicted octanol–water partition coefficient (Wildman–Crippen LogP) is 5.46. The molecule has 0 radical (unpaired) electrons. The van der Waals surface area contributed by atoms with Gasteiger partial charge in [-0.25, -0.2) is 9.59 Å². The zero-order valence-electron chi connectivity index (χ0n) is 22.5. The van der Waals surface area contributed by atoms with E-state index < -0.39 is 6.04 Å². The van der Waals surface area contributed by atoms with Crippen LogP contribution >= 0.6 is 0 Å². The van der Waals surface area contributed by atoms with E-state index >= 15 is 0 Å². The highest BCUT2D eigenvalue weighted by Crippen LogP contribution is 2.37. The van der Waals surface area contributed by atoms with E-state index in [1.54, 1.807) is 29.2 Å². The van der Waals surface area contributed by atoms with Gasteiger partial charge in [0.2, 0.25) is 5.91 Å². The van der Waals surface area contributed by atoms with Gasteiger partial charge in [0.15, 0.2) is 0 Å². The van der Waals surface area contributed by atoms with E-state index in [2.05, 4.69) is 0 Å². The van der Waals surface area contributed by atoms with Crippen molar-refractivity contribution >= 4 is 17.8 Å². The number of hydrogen-bond donors (Lipinski definition) is 1. The third-order valence-electron chi connectivity index (χ3n) is 7.62.